The molecule has 1 aliphatic heterocycles. The minimum atomic E-state index is 0.126. The number of carbonyl (C=O) groups is 1. The summed E-state index contributed by atoms with van der Waals surface area (Å²) in [6.07, 6.45) is 2.31. The van der Waals surface area contributed by atoms with Gasteiger partial charge in [-0.1, -0.05) is 47.2 Å². The quantitative estimate of drug-likeness (QED) is 0.600. The molecule has 29 heavy (non-hydrogen) atoms. The number of nitrogens with zero attached hydrogens (tertiary/aromatic N) is 2. The van der Waals surface area contributed by atoms with Crippen LogP contribution in [0.3, 0.4) is 0 Å². The number of aromatic nitrogens is 1. The van der Waals surface area contributed by atoms with Crippen molar-refractivity contribution in [2.45, 2.75) is 53.1 Å². The van der Waals surface area contributed by atoms with Gasteiger partial charge in [-0.25, -0.2) is 4.98 Å². The summed E-state index contributed by atoms with van der Waals surface area (Å²) in [5.41, 5.74) is 7.02. The van der Waals surface area contributed by atoms with E-state index in [1.54, 1.807) is 11.3 Å². The van der Waals surface area contributed by atoms with Crippen LogP contribution >= 0.6 is 11.3 Å². The van der Waals surface area contributed by atoms with E-state index in [0.29, 0.717) is 6.42 Å². The SMILES string of the molecule is Cc1ccc(CC(=O)N2CCC(Oc3nc4c(C)ccc(C)c4s3)CC2)c(C)c1. The minimum absolute atomic E-state index is 0.126. The molecule has 0 bridgehead atoms. The van der Waals surface area contributed by atoms with Crippen LogP contribution in [-0.2, 0) is 11.2 Å². The Morgan fingerprint density at radius 1 is 1.07 bits per heavy atom. The van der Waals surface area contributed by atoms with Crippen LogP contribution in [0.15, 0.2) is 30.3 Å². The van der Waals surface area contributed by atoms with Gasteiger partial charge in [0.15, 0.2) is 0 Å². The first-order chi connectivity index (χ1) is 13.9. The molecule has 0 spiro atoms. The third kappa shape index (κ3) is 4.30. The molecule has 4 nitrogen and oxygen atoms in total. The maximum atomic E-state index is 12.7. The monoisotopic (exact) mass is 408 g/mol. The average Bonchev–Trinajstić information content (AvgIpc) is 3.12. The van der Waals surface area contributed by atoms with Crippen molar-refractivity contribution in [2.24, 2.45) is 0 Å². The molecular formula is C24H28N2O2S. The predicted molar refractivity (Wildman–Crippen MR) is 119 cm³/mol. The number of rotatable bonds is 4. The second-order valence-electron chi connectivity index (χ2n) is 8.16. The van der Waals surface area contributed by atoms with Crippen molar-refractivity contribution in [3.63, 3.8) is 0 Å². The molecule has 0 aliphatic carbocycles. The van der Waals surface area contributed by atoms with Gasteiger partial charge in [-0.05, 0) is 49.9 Å². The first kappa shape index (κ1) is 19.9. The summed E-state index contributed by atoms with van der Waals surface area (Å²) in [4.78, 5) is 19.4. The van der Waals surface area contributed by atoms with Crippen molar-refractivity contribution < 1.29 is 9.53 Å². The third-order valence-corrected chi connectivity index (χ3v) is 6.91. The van der Waals surface area contributed by atoms with E-state index in [9.17, 15) is 4.79 Å². The molecule has 0 radical (unpaired) electrons. The summed E-state index contributed by atoms with van der Waals surface area (Å²) in [5.74, 6) is 0.210. The Bertz CT molecular complexity index is 1010. The van der Waals surface area contributed by atoms with Crippen LogP contribution in [0.2, 0.25) is 0 Å². The van der Waals surface area contributed by atoms with Crippen LogP contribution < -0.4 is 4.74 Å². The topological polar surface area (TPSA) is 42.4 Å². The zero-order valence-corrected chi connectivity index (χ0v) is 18.4. The highest BCUT2D eigenvalue weighted by atomic mass is 32.1. The zero-order valence-electron chi connectivity index (χ0n) is 17.6. The molecule has 152 valence electrons. The van der Waals surface area contributed by atoms with E-state index in [2.05, 4.69) is 58.0 Å². The van der Waals surface area contributed by atoms with Gasteiger partial charge in [-0.3, -0.25) is 4.79 Å². The Morgan fingerprint density at radius 3 is 2.48 bits per heavy atom. The van der Waals surface area contributed by atoms with Crippen molar-refractivity contribution in [2.75, 3.05) is 13.1 Å². The van der Waals surface area contributed by atoms with Gasteiger partial charge in [0, 0.05) is 25.9 Å². The Balaban J connectivity index is 1.35. The van der Waals surface area contributed by atoms with E-state index >= 15 is 0 Å². The molecule has 1 amide bonds. The molecule has 0 N–H and O–H groups in total. The summed E-state index contributed by atoms with van der Waals surface area (Å²) < 4.78 is 7.41. The maximum absolute atomic E-state index is 12.7. The number of likely N-dealkylation sites (tertiary alicyclic amines) is 1. The number of benzene rings is 2. The fourth-order valence-corrected chi connectivity index (χ4v) is 5.00. The van der Waals surface area contributed by atoms with Gasteiger partial charge < -0.3 is 9.64 Å². The lowest BCUT2D eigenvalue weighted by Crippen LogP contribution is -2.42. The van der Waals surface area contributed by atoms with Crippen LogP contribution in [0.25, 0.3) is 10.2 Å². The van der Waals surface area contributed by atoms with Crippen LogP contribution in [0, 0.1) is 27.7 Å². The van der Waals surface area contributed by atoms with E-state index in [1.807, 2.05) is 4.90 Å². The molecule has 1 fully saturated rings. The Kier molecular flexibility index (Phi) is 5.59. The van der Waals surface area contributed by atoms with Gasteiger partial charge in [0.2, 0.25) is 5.91 Å². The first-order valence-corrected chi connectivity index (χ1v) is 11.1. The van der Waals surface area contributed by atoms with Gasteiger partial charge in [0.05, 0.1) is 16.6 Å². The number of thiazole rings is 1. The number of hydrogen-bond acceptors (Lipinski definition) is 4. The van der Waals surface area contributed by atoms with Gasteiger partial charge >= 0.3 is 0 Å². The number of piperidine rings is 1. The number of fused-ring (bicyclic) bond motifs is 1. The second-order valence-corrected chi connectivity index (χ2v) is 9.12. The van der Waals surface area contributed by atoms with E-state index in [-0.39, 0.29) is 12.0 Å². The molecular weight excluding hydrogens is 380 g/mol. The van der Waals surface area contributed by atoms with Gasteiger partial charge in [0.1, 0.15) is 6.10 Å². The number of hydrogen-bond donors (Lipinski definition) is 0. The third-order valence-electron chi connectivity index (χ3n) is 5.82. The van der Waals surface area contributed by atoms with Crippen molar-refractivity contribution in [3.8, 4) is 5.19 Å². The highest BCUT2D eigenvalue weighted by molar-refractivity contribution is 7.20. The van der Waals surface area contributed by atoms with Crippen molar-refractivity contribution >= 4 is 27.5 Å². The van der Waals surface area contributed by atoms with Crippen LogP contribution in [0.5, 0.6) is 5.19 Å². The molecule has 0 saturated carbocycles. The fraction of sp³-hybridized carbons (Fsp3) is 0.417. The Morgan fingerprint density at radius 2 is 1.79 bits per heavy atom. The molecule has 1 aromatic heterocycles. The van der Waals surface area contributed by atoms with E-state index in [4.69, 9.17) is 9.72 Å². The minimum Gasteiger partial charge on any atom is -0.467 e. The van der Waals surface area contributed by atoms with Crippen LogP contribution in [-0.4, -0.2) is 35.0 Å². The Hall–Kier alpha value is -2.40. The van der Waals surface area contributed by atoms with Gasteiger partial charge in [-0.15, -0.1) is 0 Å². The highest BCUT2D eigenvalue weighted by Crippen LogP contribution is 2.33. The summed E-state index contributed by atoms with van der Waals surface area (Å²) >= 11 is 1.63. The summed E-state index contributed by atoms with van der Waals surface area (Å²) in [7, 11) is 0. The molecule has 4 rings (SSSR count). The second kappa shape index (κ2) is 8.15. The molecule has 5 heteroatoms. The number of carbonyl (C=O) groups excluding carboxylic acids is 1. The van der Waals surface area contributed by atoms with Crippen molar-refractivity contribution in [1.29, 1.82) is 0 Å². The molecule has 3 aromatic rings. The van der Waals surface area contributed by atoms with E-state index in [0.717, 1.165) is 42.2 Å². The number of ether oxygens (including phenoxy) is 1. The molecule has 1 saturated heterocycles. The number of amides is 1. The molecule has 1 aliphatic rings. The lowest BCUT2D eigenvalue weighted by atomic mass is 10.0. The van der Waals surface area contributed by atoms with Gasteiger partial charge in [-0.2, -0.15) is 0 Å². The lowest BCUT2D eigenvalue weighted by Gasteiger charge is -2.31. The van der Waals surface area contributed by atoms with Crippen molar-refractivity contribution in [1.82, 2.24) is 9.88 Å². The first-order valence-electron chi connectivity index (χ1n) is 10.3. The largest absolute Gasteiger partial charge is 0.467 e. The van der Waals surface area contributed by atoms with Gasteiger partial charge in [0.25, 0.3) is 5.19 Å². The Labute approximate surface area is 176 Å². The molecule has 0 unspecified atom stereocenters. The number of aryl methyl sites for hydroxylation is 4. The average molecular weight is 409 g/mol. The maximum Gasteiger partial charge on any atom is 0.274 e. The van der Waals surface area contributed by atoms with Crippen LogP contribution in [0.4, 0.5) is 0 Å². The van der Waals surface area contributed by atoms with Crippen molar-refractivity contribution in [3.05, 3.63) is 58.1 Å². The standard InChI is InChI=1S/C24H28N2O2S/c1-15-5-8-19(18(4)13-15)14-21(27)26-11-9-20(10-12-26)28-24-25-22-16(2)6-7-17(3)23(22)29-24/h5-8,13,20H,9-12,14H2,1-4H3. The smallest absolute Gasteiger partial charge is 0.274 e. The predicted octanol–water partition coefficient (Wildman–Crippen LogP) is 5.14. The summed E-state index contributed by atoms with van der Waals surface area (Å²) in [6.45, 7) is 9.86. The van der Waals surface area contributed by atoms with E-state index < -0.39 is 0 Å². The highest BCUT2D eigenvalue weighted by Gasteiger charge is 2.25. The summed E-state index contributed by atoms with van der Waals surface area (Å²) in [6, 6.07) is 10.6. The summed E-state index contributed by atoms with van der Waals surface area (Å²) in [5, 5.41) is 0.748. The molecule has 2 aromatic carbocycles. The zero-order chi connectivity index (χ0) is 20.5. The normalized spacial score (nSPS) is 15.1. The molecule has 0 atom stereocenters. The molecule has 2 heterocycles. The lowest BCUT2D eigenvalue weighted by molar-refractivity contribution is -0.132. The van der Waals surface area contributed by atoms with E-state index in [1.165, 1.54) is 27.0 Å². The van der Waals surface area contributed by atoms with Crippen LogP contribution in [0.1, 0.15) is 40.7 Å². The fourth-order valence-electron chi connectivity index (χ4n) is 3.97.